The van der Waals surface area contributed by atoms with Gasteiger partial charge in [0, 0.05) is 19.3 Å². The van der Waals surface area contributed by atoms with Crippen LogP contribution in [0.3, 0.4) is 0 Å². The molecule has 1 aromatic carbocycles. The highest BCUT2D eigenvalue weighted by Crippen LogP contribution is 2.22. The van der Waals surface area contributed by atoms with Gasteiger partial charge < -0.3 is 14.4 Å². The van der Waals surface area contributed by atoms with Gasteiger partial charge in [0.25, 0.3) is 5.91 Å². The van der Waals surface area contributed by atoms with Crippen LogP contribution in [0.5, 0.6) is 5.88 Å². The molecule has 1 saturated heterocycles. The Hall–Kier alpha value is -2.40. The first kappa shape index (κ1) is 17.4. The zero-order chi connectivity index (χ0) is 17.5. The Balaban J connectivity index is 1.54. The smallest absolute Gasteiger partial charge is 0.259 e. The number of carbonyl (C=O) groups is 1. The van der Waals surface area contributed by atoms with E-state index in [0.29, 0.717) is 37.1 Å². The normalized spacial score (nSPS) is 17.3. The molecule has 1 aliphatic rings. The van der Waals surface area contributed by atoms with Gasteiger partial charge in [-0.1, -0.05) is 30.3 Å². The van der Waals surface area contributed by atoms with Crippen molar-refractivity contribution in [2.24, 2.45) is 5.92 Å². The Morgan fingerprint density at radius 2 is 2.08 bits per heavy atom. The quantitative estimate of drug-likeness (QED) is 0.810. The summed E-state index contributed by atoms with van der Waals surface area (Å²) in [6.07, 6.45) is 3.71. The van der Waals surface area contributed by atoms with Gasteiger partial charge in [0.05, 0.1) is 20.3 Å². The van der Waals surface area contributed by atoms with Gasteiger partial charge in [0.1, 0.15) is 5.56 Å². The van der Waals surface area contributed by atoms with Gasteiger partial charge >= 0.3 is 0 Å². The largest absolute Gasteiger partial charge is 0.480 e. The third-order valence-corrected chi connectivity index (χ3v) is 4.47. The SMILES string of the molecule is COc1ncccc1C(=O)N1CCCC(COCc2ccccc2)C1. The second-order valence-electron chi connectivity index (χ2n) is 6.32. The van der Waals surface area contributed by atoms with E-state index in [4.69, 9.17) is 9.47 Å². The van der Waals surface area contributed by atoms with Gasteiger partial charge in [-0.15, -0.1) is 0 Å². The monoisotopic (exact) mass is 340 g/mol. The van der Waals surface area contributed by atoms with E-state index in [-0.39, 0.29) is 5.91 Å². The lowest BCUT2D eigenvalue weighted by molar-refractivity contribution is 0.0423. The predicted octanol–water partition coefficient (Wildman–Crippen LogP) is 3.16. The highest BCUT2D eigenvalue weighted by molar-refractivity contribution is 5.96. The van der Waals surface area contributed by atoms with Crippen LogP contribution < -0.4 is 4.74 Å². The van der Waals surface area contributed by atoms with E-state index in [0.717, 1.165) is 19.4 Å². The minimum absolute atomic E-state index is 0.0160. The number of methoxy groups -OCH3 is 1. The van der Waals surface area contributed by atoms with Crippen molar-refractivity contribution in [2.75, 3.05) is 26.8 Å². The van der Waals surface area contributed by atoms with Gasteiger partial charge in [-0.25, -0.2) is 4.98 Å². The average molecular weight is 340 g/mol. The first-order valence-corrected chi connectivity index (χ1v) is 8.68. The van der Waals surface area contributed by atoms with Crippen molar-refractivity contribution in [3.05, 3.63) is 59.8 Å². The zero-order valence-electron chi connectivity index (χ0n) is 14.6. The molecule has 1 amide bonds. The Bertz CT molecular complexity index is 690. The Kier molecular flexibility index (Phi) is 6.01. The molecule has 132 valence electrons. The first-order chi connectivity index (χ1) is 12.3. The number of rotatable bonds is 6. The molecule has 0 bridgehead atoms. The van der Waals surface area contributed by atoms with Crippen molar-refractivity contribution in [1.82, 2.24) is 9.88 Å². The Labute approximate surface area is 148 Å². The zero-order valence-corrected chi connectivity index (χ0v) is 14.6. The second kappa shape index (κ2) is 8.62. The molecule has 0 radical (unpaired) electrons. The third kappa shape index (κ3) is 4.57. The molecule has 0 N–H and O–H groups in total. The number of hydrogen-bond donors (Lipinski definition) is 0. The van der Waals surface area contributed by atoms with Crippen molar-refractivity contribution in [1.29, 1.82) is 0 Å². The van der Waals surface area contributed by atoms with Crippen LogP contribution in [0.15, 0.2) is 48.7 Å². The summed E-state index contributed by atoms with van der Waals surface area (Å²) in [5.74, 6) is 0.733. The number of ether oxygens (including phenoxy) is 2. The molecular formula is C20H24N2O3. The number of likely N-dealkylation sites (tertiary alicyclic amines) is 1. The van der Waals surface area contributed by atoms with Crippen LogP contribution in [0.2, 0.25) is 0 Å². The van der Waals surface area contributed by atoms with Gasteiger partial charge in [-0.3, -0.25) is 4.79 Å². The summed E-state index contributed by atoms with van der Waals surface area (Å²) in [6, 6.07) is 13.7. The molecule has 1 fully saturated rings. The molecule has 25 heavy (non-hydrogen) atoms. The molecule has 1 unspecified atom stereocenters. The van der Waals surface area contributed by atoms with E-state index in [1.54, 1.807) is 18.3 Å². The van der Waals surface area contributed by atoms with Crippen molar-refractivity contribution in [3.63, 3.8) is 0 Å². The summed E-state index contributed by atoms with van der Waals surface area (Å²) in [7, 11) is 1.54. The maximum Gasteiger partial charge on any atom is 0.259 e. The van der Waals surface area contributed by atoms with E-state index < -0.39 is 0 Å². The predicted molar refractivity (Wildman–Crippen MR) is 95.5 cm³/mol. The lowest BCUT2D eigenvalue weighted by Gasteiger charge is -2.32. The number of hydrogen-bond acceptors (Lipinski definition) is 4. The molecule has 1 atom stereocenters. The highest BCUT2D eigenvalue weighted by atomic mass is 16.5. The molecule has 2 aromatic rings. The summed E-state index contributed by atoms with van der Waals surface area (Å²) < 4.78 is 11.1. The number of piperidine rings is 1. The number of amides is 1. The average Bonchev–Trinajstić information content (AvgIpc) is 2.68. The molecule has 0 aliphatic carbocycles. The molecule has 5 nitrogen and oxygen atoms in total. The molecule has 1 aromatic heterocycles. The maximum atomic E-state index is 12.8. The minimum atomic E-state index is -0.0160. The summed E-state index contributed by atoms with van der Waals surface area (Å²) in [5.41, 5.74) is 1.70. The maximum absolute atomic E-state index is 12.8. The van der Waals surface area contributed by atoms with Gasteiger partial charge in [0.2, 0.25) is 5.88 Å². The van der Waals surface area contributed by atoms with Crippen LogP contribution in [-0.2, 0) is 11.3 Å². The number of carbonyl (C=O) groups excluding carboxylic acids is 1. The van der Waals surface area contributed by atoms with Crippen molar-refractivity contribution < 1.29 is 14.3 Å². The molecular weight excluding hydrogens is 316 g/mol. The van der Waals surface area contributed by atoms with Crippen LogP contribution >= 0.6 is 0 Å². The Morgan fingerprint density at radius 3 is 2.88 bits per heavy atom. The molecule has 0 spiro atoms. The van der Waals surface area contributed by atoms with E-state index in [2.05, 4.69) is 17.1 Å². The summed E-state index contributed by atoms with van der Waals surface area (Å²) in [5, 5.41) is 0. The molecule has 0 saturated carbocycles. The third-order valence-electron chi connectivity index (χ3n) is 4.47. The number of pyridine rings is 1. The van der Waals surface area contributed by atoms with E-state index in [9.17, 15) is 4.79 Å². The van der Waals surface area contributed by atoms with E-state index >= 15 is 0 Å². The molecule has 5 heteroatoms. The van der Waals surface area contributed by atoms with Crippen LogP contribution in [0, 0.1) is 5.92 Å². The molecule has 1 aliphatic heterocycles. The van der Waals surface area contributed by atoms with Crippen molar-refractivity contribution in [2.45, 2.75) is 19.4 Å². The highest BCUT2D eigenvalue weighted by Gasteiger charge is 2.26. The van der Waals surface area contributed by atoms with Crippen LogP contribution in [0.25, 0.3) is 0 Å². The summed E-state index contributed by atoms with van der Waals surface area (Å²) in [6.45, 7) is 2.77. The number of nitrogens with zero attached hydrogens (tertiary/aromatic N) is 2. The topological polar surface area (TPSA) is 51.7 Å². The van der Waals surface area contributed by atoms with E-state index in [1.807, 2.05) is 23.1 Å². The fourth-order valence-electron chi connectivity index (χ4n) is 3.19. The minimum Gasteiger partial charge on any atom is -0.480 e. The van der Waals surface area contributed by atoms with Crippen molar-refractivity contribution >= 4 is 5.91 Å². The van der Waals surface area contributed by atoms with Crippen LogP contribution in [0.1, 0.15) is 28.8 Å². The summed E-state index contributed by atoms with van der Waals surface area (Å²) in [4.78, 5) is 18.8. The van der Waals surface area contributed by atoms with Gasteiger partial charge in [-0.2, -0.15) is 0 Å². The fourth-order valence-corrected chi connectivity index (χ4v) is 3.19. The van der Waals surface area contributed by atoms with Crippen LogP contribution in [-0.4, -0.2) is 42.6 Å². The lowest BCUT2D eigenvalue weighted by atomic mass is 9.98. The lowest BCUT2D eigenvalue weighted by Crippen LogP contribution is -2.41. The second-order valence-corrected chi connectivity index (χ2v) is 6.32. The molecule has 2 heterocycles. The standard InChI is InChI=1S/C20H24N2O3/c1-24-19-18(10-5-11-21-19)20(23)22-12-6-9-17(13-22)15-25-14-16-7-3-2-4-8-16/h2-5,7-8,10-11,17H,6,9,12-15H2,1H3. The Morgan fingerprint density at radius 1 is 1.24 bits per heavy atom. The van der Waals surface area contributed by atoms with Gasteiger partial charge in [0.15, 0.2) is 0 Å². The van der Waals surface area contributed by atoms with Gasteiger partial charge in [-0.05, 0) is 36.5 Å². The van der Waals surface area contributed by atoms with Crippen LogP contribution in [0.4, 0.5) is 0 Å². The summed E-state index contributed by atoms with van der Waals surface area (Å²) >= 11 is 0. The fraction of sp³-hybridized carbons (Fsp3) is 0.400. The van der Waals surface area contributed by atoms with Crippen molar-refractivity contribution in [3.8, 4) is 5.88 Å². The van der Waals surface area contributed by atoms with E-state index in [1.165, 1.54) is 12.7 Å². The first-order valence-electron chi connectivity index (χ1n) is 8.68. The molecule has 3 rings (SSSR count). The number of benzene rings is 1. The number of aromatic nitrogens is 1.